The minimum absolute atomic E-state index is 0.0118. The molecule has 8 rings (SSSR count). The summed E-state index contributed by atoms with van der Waals surface area (Å²) >= 11 is 1.20. The number of thiazole rings is 1. The van der Waals surface area contributed by atoms with Gasteiger partial charge in [0.25, 0.3) is 5.91 Å². The molecule has 69 heavy (non-hydrogen) atoms. The molecule has 1 unspecified atom stereocenters. The molecule has 2 aliphatic carbocycles. The van der Waals surface area contributed by atoms with E-state index in [-0.39, 0.29) is 72.2 Å². The molecule has 1 aromatic carbocycles. The van der Waals surface area contributed by atoms with Crippen LogP contribution in [0.15, 0.2) is 60.1 Å². The van der Waals surface area contributed by atoms with Crippen LogP contribution in [-0.2, 0) is 35.3 Å². The first kappa shape index (κ1) is 50.1. The topological polar surface area (TPSA) is 197 Å². The summed E-state index contributed by atoms with van der Waals surface area (Å²) in [5.41, 5.74) is -5.16. The Hall–Kier alpha value is -5.29. The number of carbonyl (C=O) groups excluding carboxylic acids is 3. The van der Waals surface area contributed by atoms with E-state index in [0.717, 1.165) is 17.0 Å². The Morgan fingerprint density at radius 1 is 1.07 bits per heavy atom. The lowest BCUT2D eigenvalue weighted by atomic mass is 9.80. The Labute approximate surface area is 398 Å². The number of pyridine rings is 1. The van der Waals surface area contributed by atoms with Crippen molar-refractivity contribution in [1.29, 1.82) is 0 Å². The molecule has 4 amide bonds. The predicted molar refractivity (Wildman–Crippen MR) is 238 cm³/mol. The van der Waals surface area contributed by atoms with Gasteiger partial charge in [-0.2, -0.15) is 26.3 Å². The number of ether oxygens (including phenoxy) is 2. The molecule has 23 heteroatoms. The zero-order valence-electron chi connectivity index (χ0n) is 37.6. The summed E-state index contributed by atoms with van der Waals surface area (Å²) in [5.74, 6) is -4.95. The largest absolute Gasteiger partial charge is 0.488 e. The fourth-order valence-corrected chi connectivity index (χ4v) is 11.9. The zero-order valence-corrected chi connectivity index (χ0v) is 39.2. The van der Waals surface area contributed by atoms with E-state index >= 15 is 18.0 Å². The van der Waals surface area contributed by atoms with Crippen LogP contribution in [0.3, 0.4) is 0 Å². The van der Waals surface area contributed by atoms with Crippen molar-refractivity contribution in [1.82, 2.24) is 29.8 Å². The molecule has 2 saturated carbocycles. The molecule has 8 atom stereocenters. The second-order valence-electron chi connectivity index (χ2n) is 18.7. The summed E-state index contributed by atoms with van der Waals surface area (Å²) in [6.45, 7) is 1.85. The number of alkyl halides is 6. The van der Waals surface area contributed by atoms with Gasteiger partial charge in [-0.05, 0) is 75.3 Å². The molecule has 0 spiro atoms. The van der Waals surface area contributed by atoms with Crippen molar-refractivity contribution in [2.75, 3.05) is 19.8 Å². The van der Waals surface area contributed by atoms with Gasteiger partial charge in [-0.25, -0.2) is 23.2 Å². The number of hydrogen-bond acceptors (Lipinski definition) is 11. The molecule has 374 valence electrons. The van der Waals surface area contributed by atoms with Gasteiger partial charge >= 0.3 is 18.4 Å². The van der Waals surface area contributed by atoms with Gasteiger partial charge in [0.15, 0.2) is 5.54 Å². The van der Waals surface area contributed by atoms with Gasteiger partial charge < -0.3 is 24.8 Å². The van der Waals surface area contributed by atoms with E-state index < -0.39 is 118 Å². The molecular formula is C46H52F6N6O9S2. The molecule has 4 fully saturated rings. The molecule has 2 aromatic heterocycles. The second kappa shape index (κ2) is 19.1. The highest BCUT2D eigenvalue weighted by Crippen LogP contribution is 2.48. The number of nitrogens with zero attached hydrogens (tertiary/aromatic N) is 4. The van der Waals surface area contributed by atoms with Crippen LogP contribution in [0.1, 0.15) is 83.6 Å². The van der Waals surface area contributed by atoms with Crippen LogP contribution >= 0.6 is 11.3 Å². The van der Waals surface area contributed by atoms with E-state index in [0.29, 0.717) is 30.7 Å². The summed E-state index contributed by atoms with van der Waals surface area (Å²) in [6.07, 6.45) is -7.50. The predicted octanol–water partition coefficient (Wildman–Crippen LogP) is 7.59. The van der Waals surface area contributed by atoms with Crippen molar-refractivity contribution in [2.45, 2.75) is 125 Å². The second-order valence-corrected chi connectivity index (χ2v) is 21.6. The normalized spacial score (nSPS) is 29.7. The quantitative estimate of drug-likeness (QED) is 0.134. The Bertz CT molecular complexity index is 2550. The third-order valence-electron chi connectivity index (χ3n) is 13.9. The number of halogens is 6. The van der Waals surface area contributed by atoms with Gasteiger partial charge in [-0.15, -0.1) is 11.3 Å². The number of sulfonamides is 1. The van der Waals surface area contributed by atoms with E-state index in [1.807, 2.05) is 6.92 Å². The van der Waals surface area contributed by atoms with E-state index in [1.165, 1.54) is 41.8 Å². The fraction of sp³-hybridized carbons (Fsp3) is 0.565. The van der Waals surface area contributed by atoms with Crippen LogP contribution in [0.4, 0.5) is 31.1 Å². The lowest BCUT2D eigenvalue weighted by molar-refractivity contribution is -0.260. The van der Waals surface area contributed by atoms with E-state index in [4.69, 9.17) is 9.47 Å². The Morgan fingerprint density at radius 2 is 1.80 bits per heavy atom. The molecule has 3 aliphatic heterocycles. The third kappa shape index (κ3) is 10.3. The van der Waals surface area contributed by atoms with Crippen molar-refractivity contribution < 1.29 is 68.5 Å². The monoisotopic (exact) mass is 1010 g/mol. The van der Waals surface area contributed by atoms with Crippen LogP contribution in [-0.4, -0.2) is 118 Å². The summed E-state index contributed by atoms with van der Waals surface area (Å²) < 4.78 is 127. The zero-order chi connectivity index (χ0) is 49.7. The van der Waals surface area contributed by atoms with Crippen LogP contribution in [0.25, 0.3) is 22.0 Å². The minimum atomic E-state index is -5.21. The molecule has 3 aromatic rings. The van der Waals surface area contributed by atoms with Gasteiger partial charge in [0.05, 0.1) is 29.7 Å². The highest BCUT2D eigenvalue weighted by atomic mass is 32.2. The van der Waals surface area contributed by atoms with Crippen molar-refractivity contribution in [3.05, 3.63) is 65.7 Å². The van der Waals surface area contributed by atoms with Crippen molar-refractivity contribution in [3.63, 3.8) is 0 Å². The number of aromatic nitrogens is 2. The van der Waals surface area contributed by atoms with Crippen molar-refractivity contribution >= 4 is 45.2 Å². The van der Waals surface area contributed by atoms with E-state index in [9.17, 15) is 41.1 Å². The van der Waals surface area contributed by atoms with Crippen molar-refractivity contribution in [3.8, 4) is 27.7 Å². The average Bonchev–Trinajstić information content (AvgIpc) is 4.16. The Kier molecular flexibility index (Phi) is 13.9. The number of carbonyl (C=O) groups is 4. The van der Waals surface area contributed by atoms with Crippen molar-refractivity contribution in [2.24, 2.45) is 17.8 Å². The smallest absolute Gasteiger partial charge is 0.416 e. The van der Waals surface area contributed by atoms with Gasteiger partial charge in [-0.3, -0.25) is 24.0 Å². The molecule has 3 N–H and O–H groups in total. The maximum absolute atomic E-state index is 15.6. The van der Waals surface area contributed by atoms with Crippen LogP contribution < -0.4 is 14.8 Å². The molecule has 5 heterocycles. The maximum Gasteiger partial charge on any atom is 0.416 e. The molecule has 2 saturated heterocycles. The standard InChI is InChI=1S/C46H52F6N6O9S2/c1-3-27-19-26(2)7-4-5-8-30-23-44(30,41(61)56-69(64,65)33-13-14-33)55-38(59)36-22-32(24-57(36)40(60)37(27)58(42(62)63)43(46(50,51)52)15-6-17-66-25-43)67-31-20-34(54-35(21-31)39-53-16-18-68-39)28-9-11-29(12-10-28)45(47,48)49/h5,8-12,16,18,20-21,26-27,30,32-33,36-37H,3-4,6-7,13-15,17,19,22-25H2,1-2H3,(H,55,59)(H,56,61)(H,62,63)/b8-5-/t26-,27-,30-,32-,36+,37+,43?,44-/m1/s1. The first-order valence-corrected chi connectivity index (χ1v) is 25.3. The first-order valence-electron chi connectivity index (χ1n) is 22.8. The number of hydrogen-bond donors (Lipinski definition) is 3. The number of amides is 4. The highest BCUT2D eigenvalue weighted by Gasteiger charge is 2.66. The number of benzene rings is 1. The lowest BCUT2D eigenvalue weighted by Gasteiger charge is -2.50. The third-order valence-corrected chi connectivity index (χ3v) is 16.5. The van der Waals surface area contributed by atoms with Gasteiger partial charge in [0.2, 0.25) is 21.8 Å². The fourth-order valence-electron chi connectivity index (χ4n) is 9.93. The summed E-state index contributed by atoms with van der Waals surface area (Å²) in [5, 5.41) is 14.9. The average molecular weight is 1010 g/mol. The Balaban J connectivity index is 1.22. The van der Waals surface area contributed by atoms with Gasteiger partial charge in [0.1, 0.15) is 40.2 Å². The molecule has 0 radical (unpaired) electrons. The minimum Gasteiger partial charge on any atom is -0.488 e. The molecule has 0 bridgehead atoms. The van der Waals surface area contributed by atoms with E-state index in [2.05, 4.69) is 20.0 Å². The maximum atomic E-state index is 15.6. The number of nitrogens with one attached hydrogen (secondary N) is 2. The molecule has 5 aliphatic rings. The van der Waals surface area contributed by atoms with Crippen LogP contribution in [0.2, 0.25) is 0 Å². The van der Waals surface area contributed by atoms with Crippen LogP contribution in [0.5, 0.6) is 5.75 Å². The Morgan fingerprint density at radius 3 is 2.41 bits per heavy atom. The first-order chi connectivity index (χ1) is 32.6. The summed E-state index contributed by atoms with van der Waals surface area (Å²) in [4.78, 5) is 68.1. The van der Waals surface area contributed by atoms with Crippen LogP contribution in [0, 0.1) is 17.8 Å². The number of allylic oxidation sites excluding steroid dienone is 1. The molecule has 15 nitrogen and oxygen atoms in total. The van der Waals surface area contributed by atoms with Gasteiger partial charge in [-0.1, -0.05) is 44.6 Å². The number of carboxylic acid groups (broad SMARTS) is 1. The van der Waals surface area contributed by atoms with Gasteiger partial charge in [0, 0.05) is 48.2 Å². The summed E-state index contributed by atoms with van der Waals surface area (Å²) in [6, 6.07) is 3.53. The SMILES string of the molecule is CC[C@@H]1C[C@H](C)CC/C=C\[C@@H]2C[C@@]2(C(=O)NS(=O)(=O)C2CC2)NC(=O)[C@@H]2C[C@@H](Oc3cc(-c4ccc(C(F)(F)F)cc4)nc(-c4nccs4)c3)CN2C(=O)[C@H]1N(C(=O)O)C1(C(F)(F)F)CCCOC1. The number of fused-ring (bicyclic) bond motifs is 2. The highest BCUT2D eigenvalue weighted by molar-refractivity contribution is 7.91. The molecular weight excluding hydrogens is 959 g/mol. The summed E-state index contributed by atoms with van der Waals surface area (Å²) in [7, 11) is -4.10. The van der Waals surface area contributed by atoms with E-state index in [1.54, 1.807) is 24.5 Å². The number of rotatable bonds is 10. The lowest BCUT2D eigenvalue weighted by Crippen LogP contribution is -2.71.